The third kappa shape index (κ3) is 3.40. The van der Waals surface area contributed by atoms with E-state index >= 15 is 0 Å². The molecule has 156 valence electrons. The number of hydrogen-bond acceptors (Lipinski definition) is 3. The zero-order valence-corrected chi connectivity index (χ0v) is 15.8. The predicted octanol–water partition coefficient (Wildman–Crippen LogP) is 2.83. The minimum absolute atomic E-state index is 0.00419. The molecule has 1 spiro atoms. The average Bonchev–Trinajstić information content (AvgIpc) is 2.94. The largest absolute Gasteiger partial charge is 0.338 e. The number of amides is 4. The number of carbonyl (C=O) groups excluding carboxylic acids is 3. The van der Waals surface area contributed by atoms with Crippen LogP contribution in [0.3, 0.4) is 0 Å². The van der Waals surface area contributed by atoms with Gasteiger partial charge in [0.25, 0.3) is 11.8 Å². The topological polar surface area (TPSA) is 69.7 Å². The van der Waals surface area contributed by atoms with Gasteiger partial charge in [-0.15, -0.1) is 0 Å². The van der Waals surface area contributed by atoms with E-state index in [0.717, 1.165) is 17.0 Å². The molecule has 2 aliphatic rings. The minimum Gasteiger partial charge on any atom is -0.338 e. The van der Waals surface area contributed by atoms with Gasteiger partial charge in [-0.05, 0) is 42.7 Å². The molecule has 0 atom stereocenters. The molecule has 30 heavy (non-hydrogen) atoms. The number of hydrogen-bond donors (Lipinski definition) is 1. The zero-order valence-electron chi connectivity index (χ0n) is 15.8. The Labute approximate surface area is 170 Å². The first kappa shape index (κ1) is 19.9. The summed E-state index contributed by atoms with van der Waals surface area (Å²) in [5, 5.41) is 2.70. The van der Waals surface area contributed by atoms with Crippen molar-refractivity contribution in [1.82, 2.24) is 15.1 Å². The van der Waals surface area contributed by atoms with E-state index in [-0.39, 0.29) is 32.5 Å². The molecule has 0 radical (unpaired) electrons. The molecule has 0 aliphatic carbocycles. The second-order valence-electron chi connectivity index (χ2n) is 7.42. The predicted molar refractivity (Wildman–Crippen MR) is 99.7 cm³/mol. The summed E-state index contributed by atoms with van der Waals surface area (Å²) < 4.78 is 40.9. The van der Waals surface area contributed by atoms with Crippen molar-refractivity contribution in [3.05, 3.63) is 71.0 Å². The first-order chi connectivity index (χ1) is 14.3. The highest BCUT2D eigenvalue weighted by atomic mass is 19.1. The molecule has 2 aromatic rings. The second kappa shape index (κ2) is 7.47. The van der Waals surface area contributed by atoms with Crippen LogP contribution in [0.1, 0.15) is 28.8 Å². The van der Waals surface area contributed by atoms with E-state index in [4.69, 9.17) is 0 Å². The molecule has 2 aliphatic heterocycles. The van der Waals surface area contributed by atoms with Gasteiger partial charge in [-0.2, -0.15) is 0 Å². The number of benzene rings is 2. The van der Waals surface area contributed by atoms with Crippen molar-refractivity contribution < 1.29 is 27.6 Å². The van der Waals surface area contributed by atoms with E-state index in [2.05, 4.69) is 5.32 Å². The van der Waals surface area contributed by atoms with Gasteiger partial charge in [-0.1, -0.05) is 18.2 Å². The highest BCUT2D eigenvalue weighted by molar-refractivity contribution is 6.07. The van der Waals surface area contributed by atoms with Crippen molar-refractivity contribution in [2.24, 2.45) is 0 Å². The third-order valence-electron chi connectivity index (χ3n) is 5.58. The number of halogens is 3. The van der Waals surface area contributed by atoms with E-state index in [1.165, 1.54) is 35.2 Å². The van der Waals surface area contributed by atoms with Gasteiger partial charge >= 0.3 is 6.03 Å². The van der Waals surface area contributed by atoms with Crippen molar-refractivity contribution in [3.63, 3.8) is 0 Å². The number of carbonyl (C=O) groups is 3. The summed E-state index contributed by atoms with van der Waals surface area (Å²) in [6.45, 7) is 0.113. The molecular formula is C21H18F3N3O3. The van der Waals surface area contributed by atoms with Gasteiger partial charge in [-0.3, -0.25) is 14.5 Å². The smallest absolute Gasteiger partial charge is 0.325 e. The molecule has 4 amide bonds. The lowest BCUT2D eigenvalue weighted by molar-refractivity contribution is -0.133. The highest BCUT2D eigenvalue weighted by Crippen LogP contribution is 2.31. The first-order valence-corrected chi connectivity index (χ1v) is 9.42. The number of likely N-dealkylation sites (tertiary alicyclic amines) is 1. The van der Waals surface area contributed by atoms with Crippen LogP contribution in [0.4, 0.5) is 18.0 Å². The Hall–Kier alpha value is -3.36. The van der Waals surface area contributed by atoms with Crippen LogP contribution < -0.4 is 5.32 Å². The Morgan fingerprint density at radius 2 is 1.57 bits per heavy atom. The summed E-state index contributed by atoms with van der Waals surface area (Å²) in [5.41, 5.74) is -1.20. The fourth-order valence-electron chi connectivity index (χ4n) is 3.88. The molecule has 2 saturated heterocycles. The summed E-state index contributed by atoms with van der Waals surface area (Å²) in [4.78, 5) is 40.2. The second-order valence-corrected chi connectivity index (χ2v) is 7.42. The molecule has 2 aromatic carbocycles. The van der Waals surface area contributed by atoms with Crippen LogP contribution >= 0.6 is 0 Å². The molecule has 4 rings (SSSR count). The lowest BCUT2D eigenvalue weighted by atomic mass is 9.87. The van der Waals surface area contributed by atoms with E-state index in [0.29, 0.717) is 5.56 Å². The molecule has 2 heterocycles. The van der Waals surface area contributed by atoms with Gasteiger partial charge in [0.05, 0.1) is 6.54 Å². The van der Waals surface area contributed by atoms with E-state index in [1.54, 1.807) is 0 Å². The summed E-state index contributed by atoms with van der Waals surface area (Å²) >= 11 is 0. The number of urea groups is 1. The molecule has 0 bridgehead atoms. The quantitative estimate of drug-likeness (QED) is 0.781. The number of rotatable bonds is 3. The Morgan fingerprint density at radius 3 is 2.17 bits per heavy atom. The minimum atomic E-state index is -1.17. The number of imide groups is 1. The maximum absolute atomic E-state index is 13.9. The monoisotopic (exact) mass is 417 g/mol. The molecule has 0 aromatic heterocycles. The fraction of sp³-hybridized carbons (Fsp3) is 0.286. The summed E-state index contributed by atoms with van der Waals surface area (Å²) in [5.74, 6) is -3.54. The normalized spacial score (nSPS) is 18.1. The van der Waals surface area contributed by atoms with Crippen molar-refractivity contribution in [2.75, 3.05) is 13.1 Å². The first-order valence-electron chi connectivity index (χ1n) is 9.42. The van der Waals surface area contributed by atoms with E-state index < -0.39 is 46.4 Å². The fourth-order valence-corrected chi connectivity index (χ4v) is 3.88. The maximum Gasteiger partial charge on any atom is 0.325 e. The molecule has 1 N–H and O–H groups in total. The van der Waals surface area contributed by atoms with Crippen LogP contribution in [0, 0.1) is 17.5 Å². The Kier molecular flexibility index (Phi) is 4.97. The lowest BCUT2D eigenvalue weighted by Crippen LogP contribution is -2.56. The van der Waals surface area contributed by atoms with Gasteiger partial charge in [0.15, 0.2) is 0 Å². The van der Waals surface area contributed by atoms with Crippen LogP contribution in [-0.2, 0) is 11.3 Å². The molecule has 9 heteroatoms. The zero-order chi connectivity index (χ0) is 21.5. The summed E-state index contributed by atoms with van der Waals surface area (Å²) in [7, 11) is 0. The Bertz CT molecular complexity index is 998. The van der Waals surface area contributed by atoms with Crippen LogP contribution in [0.15, 0.2) is 42.5 Å². The van der Waals surface area contributed by atoms with Gasteiger partial charge < -0.3 is 10.2 Å². The van der Waals surface area contributed by atoms with Crippen molar-refractivity contribution in [2.45, 2.75) is 24.9 Å². The maximum atomic E-state index is 13.9. The van der Waals surface area contributed by atoms with Crippen LogP contribution in [-0.4, -0.2) is 46.3 Å². The molecule has 6 nitrogen and oxygen atoms in total. The van der Waals surface area contributed by atoms with Gasteiger partial charge in [0.2, 0.25) is 0 Å². The van der Waals surface area contributed by atoms with E-state index in [9.17, 15) is 27.6 Å². The Balaban J connectivity index is 1.46. The number of piperidine rings is 1. The van der Waals surface area contributed by atoms with Crippen molar-refractivity contribution >= 4 is 17.8 Å². The van der Waals surface area contributed by atoms with Crippen LogP contribution in [0.25, 0.3) is 0 Å². The molecule has 2 fully saturated rings. The van der Waals surface area contributed by atoms with Crippen molar-refractivity contribution in [3.8, 4) is 0 Å². The van der Waals surface area contributed by atoms with E-state index in [1.807, 2.05) is 0 Å². The third-order valence-corrected chi connectivity index (χ3v) is 5.58. The number of nitrogens with one attached hydrogen (secondary N) is 1. The standard InChI is InChI=1S/C21H18F3N3O3/c22-14-6-4-13(5-7-14)12-27-19(29)21(25-20(27)30)8-10-26(11-9-21)18(28)17-15(23)2-1-3-16(17)24/h1-7H,8-12H2,(H,25,30). The average molecular weight is 417 g/mol. The van der Waals surface area contributed by atoms with Crippen LogP contribution in [0.5, 0.6) is 0 Å². The Morgan fingerprint density at radius 1 is 0.967 bits per heavy atom. The van der Waals surface area contributed by atoms with Gasteiger partial charge in [0.1, 0.15) is 28.6 Å². The SMILES string of the molecule is O=C(c1c(F)cccc1F)N1CCC2(CC1)NC(=O)N(Cc1ccc(F)cc1)C2=O. The molecular weight excluding hydrogens is 399 g/mol. The van der Waals surface area contributed by atoms with Gasteiger partial charge in [0, 0.05) is 13.1 Å². The van der Waals surface area contributed by atoms with Crippen molar-refractivity contribution in [1.29, 1.82) is 0 Å². The molecule has 0 unspecified atom stereocenters. The lowest BCUT2D eigenvalue weighted by Gasteiger charge is -2.37. The summed E-state index contributed by atoms with van der Waals surface area (Å²) in [6.07, 6.45) is 0.249. The van der Waals surface area contributed by atoms with Gasteiger partial charge in [-0.25, -0.2) is 18.0 Å². The summed E-state index contributed by atoms with van der Waals surface area (Å²) in [6, 6.07) is 8.10. The number of nitrogens with zero attached hydrogens (tertiary/aromatic N) is 2. The highest BCUT2D eigenvalue weighted by Gasteiger charge is 2.52. The molecule has 0 saturated carbocycles. The van der Waals surface area contributed by atoms with Crippen LogP contribution in [0.2, 0.25) is 0 Å².